The Morgan fingerprint density at radius 1 is 1.24 bits per heavy atom. The topological polar surface area (TPSA) is 38.1 Å². The predicted octanol–water partition coefficient (Wildman–Crippen LogP) is 3.88. The van der Waals surface area contributed by atoms with Crippen molar-refractivity contribution in [2.24, 2.45) is 0 Å². The van der Waals surface area contributed by atoms with Crippen LogP contribution >= 0.6 is 0 Å². The summed E-state index contributed by atoms with van der Waals surface area (Å²) in [6.07, 6.45) is 3.97. The van der Waals surface area contributed by atoms with Crippen molar-refractivity contribution in [1.29, 1.82) is 0 Å². The van der Waals surface area contributed by atoms with Crippen LogP contribution in [0.25, 0.3) is 10.8 Å². The van der Waals surface area contributed by atoms with E-state index in [2.05, 4.69) is 46.1 Å². The molecule has 0 fully saturated rings. The average molecular weight is 333 g/mol. The molecule has 25 heavy (non-hydrogen) atoms. The minimum Gasteiger partial charge on any atom is -0.341 e. The summed E-state index contributed by atoms with van der Waals surface area (Å²) in [6, 6.07) is 14.6. The van der Waals surface area contributed by atoms with Crippen LogP contribution in [0, 0.1) is 6.92 Å². The zero-order valence-electron chi connectivity index (χ0n) is 14.8. The lowest BCUT2D eigenvalue weighted by Crippen LogP contribution is -2.34. The van der Waals surface area contributed by atoms with Gasteiger partial charge < -0.3 is 9.47 Å². The van der Waals surface area contributed by atoms with Gasteiger partial charge in [0.15, 0.2) is 0 Å². The van der Waals surface area contributed by atoms with Crippen LogP contribution in [-0.4, -0.2) is 27.4 Å². The van der Waals surface area contributed by atoms with Crippen molar-refractivity contribution in [2.75, 3.05) is 7.05 Å². The van der Waals surface area contributed by atoms with E-state index in [1.807, 2.05) is 31.0 Å². The largest absolute Gasteiger partial charge is 0.341 e. The lowest BCUT2D eigenvalue weighted by atomic mass is 9.97. The highest BCUT2D eigenvalue weighted by molar-refractivity contribution is 5.87. The summed E-state index contributed by atoms with van der Waals surface area (Å²) >= 11 is 0. The van der Waals surface area contributed by atoms with Crippen molar-refractivity contribution < 1.29 is 4.79 Å². The molecule has 0 N–H and O–H groups in total. The van der Waals surface area contributed by atoms with Gasteiger partial charge in [0.2, 0.25) is 5.91 Å². The molecule has 4 heteroatoms. The van der Waals surface area contributed by atoms with Gasteiger partial charge in [-0.1, -0.05) is 42.5 Å². The molecule has 4 nitrogen and oxygen atoms in total. The van der Waals surface area contributed by atoms with E-state index < -0.39 is 0 Å². The molecule has 1 atom stereocenters. The average Bonchev–Trinajstić information content (AvgIpc) is 3.01. The Morgan fingerprint density at radius 3 is 2.92 bits per heavy atom. The van der Waals surface area contributed by atoms with Crippen LogP contribution in [0.3, 0.4) is 0 Å². The van der Waals surface area contributed by atoms with Crippen molar-refractivity contribution in [3.63, 3.8) is 0 Å². The molecule has 0 spiro atoms. The molecule has 128 valence electrons. The molecule has 1 amide bonds. The number of likely N-dealkylation sites (N-methyl/N-ethyl adjacent to an activating group) is 1. The Morgan fingerprint density at radius 2 is 2.04 bits per heavy atom. The summed E-state index contributed by atoms with van der Waals surface area (Å²) in [4.78, 5) is 19.5. The second kappa shape index (κ2) is 6.36. The zero-order valence-corrected chi connectivity index (χ0v) is 14.8. The number of carbonyl (C=O) groups excluding carboxylic acids is 1. The summed E-state index contributed by atoms with van der Waals surface area (Å²) in [5.41, 5.74) is 2.18. The van der Waals surface area contributed by atoms with Crippen molar-refractivity contribution in [3.8, 4) is 0 Å². The molecule has 0 saturated carbocycles. The molecule has 3 aromatic rings. The van der Waals surface area contributed by atoms with Gasteiger partial charge in [-0.15, -0.1) is 0 Å². The summed E-state index contributed by atoms with van der Waals surface area (Å²) in [5.74, 6) is 0.973. The molecule has 0 saturated heterocycles. The number of carbonyl (C=O) groups is 1. The van der Waals surface area contributed by atoms with Gasteiger partial charge in [-0.2, -0.15) is 0 Å². The second-order valence-corrected chi connectivity index (χ2v) is 6.96. The van der Waals surface area contributed by atoms with E-state index in [4.69, 9.17) is 0 Å². The van der Waals surface area contributed by atoms with E-state index >= 15 is 0 Å². The molecular weight excluding hydrogens is 310 g/mol. The molecule has 2 heterocycles. The second-order valence-electron chi connectivity index (χ2n) is 6.96. The molecule has 1 unspecified atom stereocenters. The Balaban J connectivity index is 1.59. The molecule has 1 aromatic heterocycles. The first kappa shape index (κ1) is 15.9. The summed E-state index contributed by atoms with van der Waals surface area (Å²) in [5, 5.41) is 2.43. The van der Waals surface area contributed by atoms with E-state index in [-0.39, 0.29) is 11.8 Å². The van der Waals surface area contributed by atoms with Gasteiger partial charge in [0, 0.05) is 26.3 Å². The molecule has 4 rings (SSSR count). The summed E-state index contributed by atoms with van der Waals surface area (Å²) in [6.45, 7) is 3.58. The normalized spacial score (nSPS) is 16.6. The monoisotopic (exact) mass is 333 g/mol. The highest BCUT2D eigenvalue weighted by Crippen LogP contribution is 2.29. The van der Waals surface area contributed by atoms with Gasteiger partial charge in [0.25, 0.3) is 0 Å². The van der Waals surface area contributed by atoms with Crippen LogP contribution in [0.4, 0.5) is 0 Å². The fourth-order valence-corrected chi connectivity index (χ4v) is 3.88. The maximum Gasteiger partial charge on any atom is 0.233 e. The number of hydrogen-bond acceptors (Lipinski definition) is 2. The third-order valence-corrected chi connectivity index (χ3v) is 5.09. The quantitative estimate of drug-likeness (QED) is 0.729. The molecule has 0 bridgehead atoms. The third kappa shape index (κ3) is 2.93. The van der Waals surface area contributed by atoms with Gasteiger partial charge in [-0.05, 0) is 36.1 Å². The third-order valence-electron chi connectivity index (χ3n) is 5.09. The summed E-state index contributed by atoms with van der Waals surface area (Å²) < 4.78 is 2.15. The molecule has 1 aliphatic heterocycles. The zero-order chi connectivity index (χ0) is 17.4. The summed E-state index contributed by atoms with van der Waals surface area (Å²) in [7, 11) is 1.90. The number of amides is 1. The number of nitrogens with zero attached hydrogens (tertiary/aromatic N) is 3. The molecule has 0 radical (unpaired) electrons. The SMILES string of the molecule is Cc1cn2c(n1)C(C(=O)N(C)Cc1cccc3ccccc13)CCC2. The van der Waals surface area contributed by atoms with E-state index in [1.54, 1.807) is 0 Å². The van der Waals surface area contributed by atoms with E-state index in [9.17, 15) is 4.79 Å². The highest BCUT2D eigenvalue weighted by atomic mass is 16.2. The van der Waals surface area contributed by atoms with Crippen LogP contribution in [0.1, 0.15) is 35.8 Å². The first-order valence-corrected chi connectivity index (χ1v) is 8.89. The fourth-order valence-electron chi connectivity index (χ4n) is 3.88. The molecule has 0 aliphatic carbocycles. The van der Waals surface area contributed by atoms with Gasteiger partial charge >= 0.3 is 0 Å². The van der Waals surface area contributed by atoms with Crippen LogP contribution in [0.5, 0.6) is 0 Å². The number of hydrogen-bond donors (Lipinski definition) is 0. The Kier molecular flexibility index (Phi) is 4.04. The smallest absolute Gasteiger partial charge is 0.233 e. The standard InChI is InChI=1S/C21H23N3O/c1-15-13-24-12-6-11-19(20(24)22-15)21(25)23(2)14-17-9-5-8-16-7-3-4-10-18(16)17/h3-5,7-10,13,19H,6,11-12,14H2,1-2H3. The number of rotatable bonds is 3. The molecule has 2 aromatic carbocycles. The maximum atomic E-state index is 13.1. The van der Waals surface area contributed by atoms with Crippen LogP contribution < -0.4 is 0 Å². The minimum absolute atomic E-state index is 0.123. The van der Waals surface area contributed by atoms with Gasteiger partial charge in [-0.3, -0.25) is 4.79 Å². The molecule has 1 aliphatic rings. The van der Waals surface area contributed by atoms with Gasteiger partial charge in [0.1, 0.15) is 5.82 Å². The van der Waals surface area contributed by atoms with E-state index in [1.165, 1.54) is 16.3 Å². The molecular formula is C21H23N3O. The predicted molar refractivity (Wildman–Crippen MR) is 99.4 cm³/mol. The number of imidazole rings is 1. The van der Waals surface area contributed by atoms with Gasteiger partial charge in [0.05, 0.1) is 11.6 Å². The minimum atomic E-state index is -0.123. The van der Waals surface area contributed by atoms with Crippen molar-refractivity contribution >= 4 is 16.7 Å². The number of aryl methyl sites for hydroxylation is 2. The van der Waals surface area contributed by atoms with E-state index in [0.717, 1.165) is 30.9 Å². The van der Waals surface area contributed by atoms with Crippen molar-refractivity contribution in [2.45, 2.75) is 38.8 Å². The number of fused-ring (bicyclic) bond motifs is 2. The van der Waals surface area contributed by atoms with Gasteiger partial charge in [-0.25, -0.2) is 4.98 Å². The van der Waals surface area contributed by atoms with Crippen molar-refractivity contribution in [3.05, 3.63) is 65.7 Å². The first-order chi connectivity index (χ1) is 12.1. The lowest BCUT2D eigenvalue weighted by molar-refractivity contribution is -0.132. The Hall–Kier alpha value is -2.62. The lowest BCUT2D eigenvalue weighted by Gasteiger charge is -2.27. The van der Waals surface area contributed by atoms with E-state index in [0.29, 0.717) is 6.54 Å². The number of benzene rings is 2. The van der Waals surface area contributed by atoms with Crippen LogP contribution in [-0.2, 0) is 17.9 Å². The van der Waals surface area contributed by atoms with Crippen molar-refractivity contribution in [1.82, 2.24) is 14.5 Å². The fraction of sp³-hybridized carbons (Fsp3) is 0.333. The number of aromatic nitrogens is 2. The highest BCUT2D eigenvalue weighted by Gasteiger charge is 2.30. The Labute approximate surface area is 148 Å². The first-order valence-electron chi connectivity index (χ1n) is 8.89. The maximum absolute atomic E-state index is 13.1. The van der Waals surface area contributed by atoms with Crippen LogP contribution in [0.15, 0.2) is 48.7 Å². The van der Waals surface area contributed by atoms with Crippen LogP contribution in [0.2, 0.25) is 0 Å². The Bertz CT molecular complexity index is 923.